The van der Waals surface area contributed by atoms with Gasteiger partial charge in [0.05, 0.1) is 22.4 Å². The van der Waals surface area contributed by atoms with E-state index in [9.17, 15) is 0 Å². The number of rotatable bonds is 4. The average molecular weight is 290 g/mol. The number of fused-ring (bicyclic) bond motifs is 1. The van der Waals surface area contributed by atoms with Crippen molar-refractivity contribution in [3.63, 3.8) is 0 Å². The molecule has 0 bridgehead atoms. The van der Waals surface area contributed by atoms with E-state index in [0.29, 0.717) is 11.6 Å². The van der Waals surface area contributed by atoms with E-state index in [-0.39, 0.29) is 0 Å². The van der Waals surface area contributed by atoms with Crippen LogP contribution in [-0.4, -0.2) is 25.6 Å². The molecule has 0 fully saturated rings. The molecule has 2 N–H and O–H groups in total. The normalized spacial score (nSPS) is 11.3. The van der Waals surface area contributed by atoms with Crippen LogP contribution >= 0.6 is 11.6 Å². The van der Waals surface area contributed by atoms with Gasteiger partial charge in [-0.15, -0.1) is 0 Å². The van der Waals surface area contributed by atoms with Crippen molar-refractivity contribution in [2.45, 2.75) is 20.0 Å². The van der Waals surface area contributed by atoms with Crippen LogP contribution in [0.5, 0.6) is 0 Å². The van der Waals surface area contributed by atoms with Crippen molar-refractivity contribution in [2.24, 2.45) is 5.73 Å². The summed E-state index contributed by atoms with van der Waals surface area (Å²) in [5.74, 6) is 0.839. The molecule has 0 amide bonds. The van der Waals surface area contributed by atoms with E-state index in [1.165, 1.54) is 0 Å². The number of halogens is 1. The number of aromatic nitrogens is 4. The lowest BCUT2D eigenvalue weighted by Gasteiger charge is -2.04. The molecule has 1 aromatic carbocycles. The summed E-state index contributed by atoms with van der Waals surface area (Å²) >= 11 is 6.29. The van der Waals surface area contributed by atoms with Crippen molar-refractivity contribution in [2.75, 3.05) is 6.54 Å². The van der Waals surface area contributed by atoms with Crippen LogP contribution in [0.2, 0.25) is 5.02 Å². The molecule has 3 aromatic rings. The molecule has 0 radical (unpaired) electrons. The van der Waals surface area contributed by atoms with Crippen LogP contribution < -0.4 is 5.73 Å². The summed E-state index contributed by atoms with van der Waals surface area (Å²) in [6.07, 6.45) is 3.75. The Morgan fingerprint density at radius 3 is 2.95 bits per heavy atom. The van der Waals surface area contributed by atoms with Gasteiger partial charge in [-0.1, -0.05) is 17.7 Å². The average Bonchev–Trinajstić information content (AvgIpc) is 3.03. The molecule has 0 aliphatic rings. The fourth-order valence-electron chi connectivity index (χ4n) is 2.39. The van der Waals surface area contributed by atoms with Crippen LogP contribution in [0.15, 0.2) is 30.7 Å². The van der Waals surface area contributed by atoms with Crippen LogP contribution in [0.25, 0.3) is 22.6 Å². The quantitative estimate of drug-likeness (QED) is 0.803. The number of aryl methyl sites for hydroxylation is 1. The summed E-state index contributed by atoms with van der Waals surface area (Å²) in [5.41, 5.74) is 8.25. The Kier molecular flexibility index (Phi) is 3.46. The Morgan fingerprint density at radius 1 is 1.35 bits per heavy atom. The zero-order valence-electron chi connectivity index (χ0n) is 11.3. The summed E-state index contributed by atoms with van der Waals surface area (Å²) in [5, 5.41) is 0.712. The first kappa shape index (κ1) is 13.1. The summed E-state index contributed by atoms with van der Waals surface area (Å²) < 4.78 is 4.06. The highest BCUT2D eigenvalue weighted by molar-refractivity contribution is 6.35. The van der Waals surface area contributed by atoms with Crippen LogP contribution in [0.3, 0.4) is 0 Å². The molecular weight excluding hydrogens is 274 g/mol. The van der Waals surface area contributed by atoms with Gasteiger partial charge in [0.1, 0.15) is 5.69 Å². The second-order valence-electron chi connectivity index (χ2n) is 4.57. The fourth-order valence-corrected chi connectivity index (χ4v) is 2.66. The number of benzene rings is 1. The summed E-state index contributed by atoms with van der Waals surface area (Å²) in [6, 6.07) is 5.76. The summed E-state index contributed by atoms with van der Waals surface area (Å²) in [4.78, 5) is 9.08. The lowest BCUT2D eigenvalue weighted by atomic mass is 10.3. The Labute approximate surface area is 122 Å². The highest BCUT2D eigenvalue weighted by atomic mass is 35.5. The van der Waals surface area contributed by atoms with E-state index in [1.54, 1.807) is 6.33 Å². The molecule has 0 saturated carbocycles. The smallest absolute Gasteiger partial charge is 0.161 e. The predicted octanol–water partition coefficient (Wildman–Crippen LogP) is 2.53. The van der Waals surface area contributed by atoms with Crippen LogP contribution in [-0.2, 0) is 13.1 Å². The minimum Gasteiger partial charge on any atom is -0.335 e. The lowest BCUT2D eigenvalue weighted by Crippen LogP contribution is -2.07. The second-order valence-corrected chi connectivity index (χ2v) is 4.98. The zero-order valence-corrected chi connectivity index (χ0v) is 12.0. The molecule has 0 aliphatic carbocycles. The van der Waals surface area contributed by atoms with Gasteiger partial charge in [0.15, 0.2) is 5.82 Å². The van der Waals surface area contributed by atoms with Crippen molar-refractivity contribution in [3.8, 4) is 11.5 Å². The second kappa shape index (κ2) is 5.26. The number of para-hydroxylation sites is 1. The first-order chi connectivity index (χ1) is 9.74. The first-order valence-electron chi connectivity index (χ1n) is 6.61. The Hall–Kier alpha value is -1.85. The van der Waals surface area contributed by atoms with Gasteiger partial charge >= 0.3 is 0 Å². The van der Waals surface area contributed by atoms with Crippen molar-refractivity contribution in [3.05, 3.63) is 35.7 Å². The first-order valence-corrected chi connectivity index (χ1v) is 6.99. The van der Waals surface area contributed by atoms with E-state index in [2.05, 4.69) is 21.5 Å². The topological polar surface area (TPSA) is 61.7 Å². The minimum absolute atomic E-state index is 0.589. The molecule has 2 heterocycles. The third kappa shape index (κ3) is 2.09. The molecule has 20 heavy (non-hydrogen) atoms. The highest BCUT2D eigenvalue weighted by Gasteiger charge is 2.15. The fraction of sp³-hybridized carbons (Fsp3) is 0.286. The molecule has 0 aliphatic heterocycles. The van der Waals surface area contributed by atoms with Crippen LogP contribution in [0.1, 0.15) is 6.92 Å². The molecule has 3 rings (SSSR count). The van der Waals surface area contributed by atoms with E-state index >= 15 is 0 Å². The zero-order chi connectivity index (χ0) is 14.1. The molecular formula is C14H16ClN5. The molecule has 0 unspecified atom stereocenters. The van der Waals surface area contributed by atoms with Gasteiger partial charge in [0.2, 0.25) is 0 Å². The van der Waals surface area contributed by atoms with E-state index in [1.807, 2.05) is 29.0 Å². The molecule has 104 valence electrons. The monoisotopic (exact) mass is 289 g/mol. The van der Waals surface area contributed by atoms with Crippen molar-refractivity contribution >= 4 is 22.6 Å². The Balaban J connectivity index is 2.17. The largest absolute Gasteiger partial charge is 0.335 e. The van der Waals surface area contributed by atoms with Gasteiger partial charge in [0.25, 0.3) is 0 Å². The number of hydrogen-bond acceptors (Lipinski definition) is 3. The van der Waals surface area contributed by atoms with Crippen molar-refractivity contribution in [1.29, 1.82) is 0 Å². The third-order valence-electron chi connectivity index (χ3n) is 3.28. The number of nitrogens with zero attached hydrogens (tertiary/aromatic N) is 4. The molecule has 6 heteroatoms. The van der Waals surface area contributed by atoms with Gasteiger partial charge in [-0.05, 0) is 19.1 Å². The number of hydrogen-bond donors (Lipinski definition) is 1. The SMILES string of the molecule is CCn1c(-c2cn(CCN)cn2)nc2cccc(Cl)c21. The molecule has 5 nitrogen and oxygen atoms in total. The third-order valence-corrected chi connectivity index (χ3v) is 3.59. The van der Waals surface area contributed by atoms with Crippen LogP contribution in [0.4, 0.5) is 0 Å². The highest BCUT2D eigenvalue weighted by Crippen LogP contribution is 2.28. The maximum Gasteiger partial charge on any atom is 0.161 e. The lowest BCUT2D eigenvalue weighted by molar-refractivity contribution is 0.707. The molecule has 0 spiro atoms. The number of nitrogens with two attached hydrogens (primary N) is 1. The van der Waals surface area contributed by atoms with Gasteiger partial charge < -0.3 is 14.9 Å². The molecule has 0 atom stereocenters. The van der Waals surface area contributed by atoms with Gasteiger partial charge in [-0.3, -0.25) is 0 Å². The predicted molar refractivity (Wildman–Crippen MR) is 80.7 cm³/mol. The minimum atomic E-state index is 0.589. The van der Waals surface area contributed by atoms with E-state index < -0.39 is 0 Å². The maximum atomic E-state index is 6.29. The Morgan fingerprint density at radius 2 is 2.20 bits per heavy atom. The summed E-state index contributed by atoms with van der Waals surface area (Å²) in [6.45, 7) is 4.20. The van der Waals surface area contributed by atoms with Gasteiger partial charge in [-0.2, -0.15) is 0 Å². The van der Waals surface area contributed by atoms with E-state index in [0.717, 1.165) is 35.6 Å². The van der Waals surface area contributed by atoms with Crippen LogP contribution in [0, 0.1) is 0 Å². The van der Waals surface area contributed by atoms with Gasteiger partial charge in [0, 0.05) is 25.8 Å². The molecule has 0 saturated heterocycles. The Bertz CT molecular complexity index is 743. The van der Waals surface area contributed by atoms with Gasteiger partial charge in [-0.25, -0.2) is 9.97 Å². The maximum absolute atomic E-state index is 6.29. The van der Waals surface area contributed by atoms with Crippen molar-refractivity contribution < 1.29 is 0 Å². The molecule has 2 aromatic heterocycles. The van der Waals surface area contributed by atoms with Crippen molar-refractivity contribution in [1.82, 2.24) is 19.1 Å². The van der Waals surface area contributed by atoms with E-state index in [4.69, 9.17) is 17.3 Å². The number of imidazole rings is 2. The summed E-state index contributed by atoms with van der Waals surface area (Å²) in [7, 11) is 0. The standard InChI is InChI=1S/C14H16ClN5/c1-2-20-13-10(15)4-3-5-11(13)18-14(20)12-8-19(7-6-16)9-17-12/h3-5,8-9H,2,6-7,16H2,1H3.